The van der Waals surface area contributed by atoms with Crippen LogP contribution < -0.4 is 10.3 Å². The van der Waals surface area contributed by atoms with Crippen molar-refractivity contribution in [3.05, 3.63) is 83.0 Å². The lowest BCUT2D eigenvalue weighted by molar-refractivity contribution is 0.259. The molecule has 0 saturated heterocycles. The lowest BCUT2D eigenvalue weighted by atomic mass is 9.95. The molecule has 0 saturated carbocycles. The molecule has 32 heavy (non-hydrogen) atoms. The molecule has 0 bridgehead atoms. The fraction of sp³-hybridized carbons (Fsp3) is 0.333. The van der Waals surface area contributed by atoms with E-state index in [1.54, 1.807) is 24.5 Å². The highest BCUT2D eigenvalue weighted by atomic mass is 16.5. The minimum atomic E-state index is -0.128. The number of hydrogen-bond donors (Lipinski definition) is 0. The Morgan fingerprint density at radius 1 is 1.19 bits per heavy atom. The van der Waals surface area contributed by atoms with E-state index < -0.39 is 0 Å². The summed E-state index contributed by atoms with van der Waals surface area (Å²) in [5.74, 6) is 1.46. The third-order valence-electron chi connectivity index (χ3n) is 5.25. The van der Waals surface area contributed by atoms with Gasteiger partial charge in [0.05, 0.1) is 24.6 Å². The summed E-state index contributed by atoms with van der Waals surface area (Å²) in [5.41, 5.74) is 2.64. The van der Waals surface area contributed by atoms with Crippen molar-refractivity contribution in [3.63, 3.8) is 0 Å². The van der Waals surface area contributed by atoms with Gasteiger partial charge in [0, 0.05) is 43.5 Å². The molecule has 0 fully saturated rings. The van der Waals surface area contributed by atoms with Crippen molar-refractivity contribution in [3.8, 4) is 17.0 Å². The second-order valence-electron chi connectivity index (χ2n) is 8.19. The van der Waals surface area contributed by atoms with Crippen LogP contribution >= 0.6 is 0 Å². The molecule has 8 heteroatoms. The SMILES string of the molecule is CN(C)CCOc1cnc(C2C=C(Cn3nc(-c4ccn(C)c4)ccc3=O)C=CC2)nc1. The minimum Gasteiger partial charge on any atom is -0.489 e. The maximum Gasteiger partial charge on any atom is 0.267 e. The Labute approximate surface area is 187 Å². The third kappa shape index (κ3) is 5.39. The van der Waals surface area contributed by atoms with E-state index in [4.69, 9.17) is 4.74 Å². The van der Waals surface area contributed by atoms with E-state index in [0.29, 0.717) is 18.9 Å². The molecule has 0 aromatic carbocycles. The molecule has 1 atom stereocenters. The Morgan fingerprint density at radius 3 is 2.72 bits per heavy atom. The van der Waals surface area contributed by atoms with E-state index in [2.05, 4.69) is 32.1 Å². The largest absolute Gasteiger partial charge is 0.489 e. The van der Waals surface area contributed by atoms with Crippen LogP contribution in [0.3, 0.4) is 0 Å². The second-order valence-corrected chi connectivity index (χ2v) is 8.19. The topological polar surface area (TPSA) is 78.1 Å². The van der Waals surface area contributed by atoms with Crippen molar-refractivity contribution in [2.45, 2.75) is 18.9 Å². The molecule has 1 aliphatic rings. The first-order valence-electron chi connectivity index (χ1n) is 10.6. The lowest BCUT2D eigenvalue weighted by Crippen LogP contribution is -2.23. The zero-order valence-electron chi connectivity index (χ0n) is 18.7. The van der Waals surface area contributed by atoms with Gasteiger partial charge in [-0.1, -0.05) is 18.2 Å². The maximum absolute atomic E-state index is 12.4. The molecule has 0 radical (unpaired) electrons. The van der Waals surface area contributed by atoms with E-state index >= 15 is 0 Å². The summed E-state index contributed by atoms with van der Waals surface area (Å²) >= 11 is 0. The molecule has 1 aliphatic carbocycles. The average molecular weight is 433 g/mol. The monoisotopic (exact) mass is 432 g/mol. The fourth-order valence-electron chi connectivity index (χ4n) is 3.52. The van der Waals surface area contributed by atoms with E-state index in [1.165, 1.54) is 4.68 Å². The lowest BCUT2D eigenvalue weighted by Gasteiger charge is -2.17. The summed E-state index contributed by atoms with van der Waals surface area (Å²) in [5, 5.41) is 4.57. The first-order chi connectivity index (χ1) is 15.5. The Kier molecular flexibility index (Phi) is 6.61. The van der Waals surface area contributed by atoms with Gasteiger partial charge in [-0.25, -0.2) is 14.6 Å². The molecule has 3 aromatic heterocycles. The van der Waals surface area contributed by atoms with Gasteiger partial charge in [-0.15, -0.1) is 0 Å². The first kappa shape index (κ1) is 21.7. The Balaban J connectivity index is 1.47. The Hall–Kier alpha value is -3.52. The van der Waals surface area contributed by atoms with Crippen LogP contribution in [0.25, 0.3) is 11.3 Å². The molecular weight excluding hydrogens is 404 g/mol. The van der Waals surface area contributed by atoms with Gasteiger partial charge in [0.25, 0.3) is 5.56 Å². The van der Waals surface area contributed by atoms with Crippen molar-refractivity contribution >= 4 is 0 Å². The number of nitrogens with zero attached hydrogens (tertiary/aromatic N) is 6. The van der Waals surface area contributed by atoms with Crippen LogP contribution in [0.5, 0.6) is 5.75 Å². The van der Waals surface area contributed by atoms with E-state index in [1.807, 2.05) is 50.2 Å². The first-order valence-corrected chi connectivity index (χ1v) is 10.6. The molecule has 0 spiro atoms. The van der Waals surface area contributed by atoms with E-state index in [9.17, 15) is 4.79 Å². The molecule has 1 unspecified atom stereocenters. The summed E-state index contributed by atoms with van der Waals surface area (Å²) in [6, 6.07) is 5.31. The predicted octanol–water partition coefficient (Wildman–Crippen LogP) is 2.65. The Morgan fingerprint density at radius 2 is 2.00 bits per heavy atom. The van der Waals surface area contributed by atoms with Crippen LogP contribution in [0.2, 0.25) is 0 Å². The highest BCUT2D eigenvalue weighted by molar-refractivity contribution is 5.57. The molecule has 8 nitrogen and oxygen atoms in total. The molecular formula is C24H28N6O2. The molecule has 0 amide bonds. The van der Waals surface area contributed by atoms with Gasteiger partial charge in [0.15, 0.2) is 5.75 Å². The number of aromatic nitrogens is 5. The second kappa shape index (κ2) is 9.74. The molecule has 3 heterocycles. The molecule has 166 valence electrons. The van der Waals surface area contributed by atoms with E-state index in [0.717, 1.165) is 35.6 Å². The summed E-state index contributed by atoms with van der Waals surface area (Å²) in [7, 11) is 5.97. The smallest absolute Gasteiger partial charge is 0.267 e. The molecule has 0 N–H and O–H groups in total. The van der Waals surface area contributed by atoms with Crippen LogP contribution in [0.1, 0.15) is 18.2 Å². The summed E-state index contributed by atoms with van der Waals surface area (Å²) < 4.78 is 9.14. The summed E-state index contributed by atoms with van der Waals surface area (Å²) in [6.45, 7) is 1.83. The quantitative estimate of drug-likeness (QED) is 0.545. The van der Waals surface area contributed by atoms with Crippen molar-refractivity contribution < 1.29 is 4.74 Å². The van der Waals surface area contributed by atoms with Gasteiger partial charge in [-0.2, -0.15) is 5.10 Å². The standard InChI is InChI=1S/C24H28N6O2/c1-28(2)11-12-32-21-14-25-24(26-15-21)19-6-4-5-18(13-19)16-30-23(31)8-7-22(27-30)20-9-10-29(3)17-20/h4-5,7-10,13-15,17,19H,6,11-12,16H2,1-3H3. The molecule has 0 aliphatic heterocycles. The van der Waals surface area contributed by atoms with Gasteiger partial charge >= 0.3 is 0 Å². The van der Waals surface area contributed by atoms with Crippen LogP contribution in [0.15, 0.2) is 71.6 Å². The zero-order valence-corrected chi connectivity index (χ0v) is 18.7. The maximum atomic E-state index is 12.4. The van der Waals surface area contributed by atoms with Gasteiger partial charge < -0.3 is 14.2 Å². The molecule has 3 aromatic rings. The number of hydrogen-bond acceptors (Lipinski definition) is 6. The summed E-state index contributed by atoms with van der Waals surface area (Å²) in [4.78, 5) is 23.5. The van der Waals surface area contributed by atoms with Crippen LogP contribution in [0.4, 0.5) is 0 Å². The number of aryl methyl sites for hydroxylation is 1. The number of likely N-dealkylation sites (N-methyl/N-ethyl adjacent to an activating group) is 1. The number of ether oxygens (including phenoxy) is 1. The van der Waals surface area contributed by atoms with Gasteiger partial charge in [-0.05, 0) is 38.2 Å². The fourth-order valence-corrected chi connectivity index (χ4v) is 3.52. The normalized spacial score (nSPS) is 15.8. The summed E-state index contributed by atoms with van der Waals surface area (Å²) in [6.07, 6.45) is 14.5. The number of rotatable bonds is 8. The highest BCUT2D eigenvalue weighted by Crippen LogP contribution is 2.26. The average Bonchev–Trinajstić information content (AvgIpc) is 3.22. The van der Waals surface area contributed by atoms with Crippen molar-refractivity contribution in [2.75, 3.05) is 27.2 Å². The van der Waals surface area contributed by atoms with Gasteiger partial charge in [0.2, 0.25) is 0 Å². The highest BCUT2D eigenvalue weighted by Gasteiger charge is 2.16. The number of allylic oxidation sites excluding steroid dienone is 4. The third-order valence-corrected chi connectivity index (χ3v) is 5.25. The zero-order chi connectivity index (χ0) is 22.5. The van der Waals surface area contributed by atoms with E-state index in [-0.39, 0.29) is 11.5 Å². The van der Waals surface area contributed by atoms with Crippen molar-refractivity contribution in [1.82, 2.24) is 29.2 Å². The minimum absolute atomic E-state index is 0.0545. The predicted molar refractivity (Wildman–Crippen MR) is 124 cm³/mol. The van der Waals surface area contributed by atoms with Crippen LogP contribution in [-0.4, -0.2) is 56.5 Å². The van der Waals surface area contributed by atoms with Gasteiger partial charge in [0.1, 0.15) is 12.4 Å². The van der Waals surface area contributed by atoms with Crippen LogP contribution in [0, 0.1) is 0 Å². The Bertz CT molecular complexity index is 1170. The van der Waals surface area contributed by atoms with Crippen LogP contribution in [-0.2, 0) is 13.6 Å². The van der Waals surface area contributed by atoms with Crippen molar-refractivity contribution in [2.24, 2.45) is 7.05 Å². The van der Waals surface area contributed by atoms with Gasteiger partial charge in [-0.3, -0.25) is 4.79 Å². The van der Waals surface area contributed by atoms with Crippen molar-refractivity contribution in [1.29, 1.82) is 0 Å². The molecule has 4 rings (SSSR count).